The summed E-state index contributed by atoms with van der Waals surface area (Å²) in [5.41, 5.74) is -0.232. The van der Waals surface area contributed by atoms with Gasteiger partial charge in [-0.3, -0.25) is 4.79 Å². The van der Waals surface area contributed by atoms with E-state index in [1.165, 1.54) is 11.5 Å². The van der Waals surface area contributed by atoms with Crippen LogP contribution >= 0.6 is 0 Å². The highest BCUT2D eigenvalue weighted by atomic mass is 32.2. The highest BCUT2D eigenvalue weighted by Gasteiger charge is 2.41. The Labute approximate surface area is 125 Å². The van der Waals surface area contributed by atoms with E-state index in [1.54, 1.807) is 30.3 Å². The standard InChI is InChI=1S/C15H15NO4S/c16-8-1-11-21(19)13-4-2-12(3-5-13)15(14(17)18)6-9-20-10-7-15/h1-5,11H,6-7,9-10H2,(H,17,18). The molecule has 0 aromatic heterocycles. The zero-order valence-corrected chi connectivity index (χ0v) is 12.1. The van der Waals surface area contributed by atoms with Crippen LogP contribution < -0.4 is 0 Å². The quantitative estimate of drug-likeness (QED) is 0.859. The largest absolute Gasteiger partial charge is 0.481 e. The fourth-order valence-electron chi connectivity index (χ4n) is 2.42. The number of carboxylic acid groups (broad SMARTS) is 1. The van der Waals surface area contributed by atoms with Crippen molar-refractivity contribution in [1.82, 2.24) is 0 Å². The van der Waals surface area contributed by atoms with Gasteiger partial charge >= 0.3 is 5.97 Å². The number of carbonyl (C=O) groups is 1. The Bertz CT molecular complexity index is 610. The number of nitrogens with zero attached hydrogens (tertiary/aromatic N) is 1. The van der Waals surface area contributed by atoms with Crippen LogP contribution in [0.4, 0.5) is 0 Å². The summed E-state index contributed by atoms with van der Waals surface area (Å²) in [6.45, 7) is 0.843. The molecule has 0 bridgehead atoms. The molecular formula is C15H15NO4S. The van der Waals surface area contributed by atoms with Crippen LogP contribution in [-0.4, -0.2) is 28.5 Å². The monoisotopic (exact) mass is 305 g/mol. The highest BCUT2D eigenvalue weighted by molar-refractivity contribution is 7.88. The summed E-state index contributed by atoms with van der Waals surface area (Å²) in [5, 5.41) is 19.3. The van der Waals surface area contributed by atoms with E-state index >= 15 is 0 Å². The average Bonchev–Trinajstić information content (AvgIpc) is 2.53. The molecule has 0 aliphatic carbocycles. The Morgan fingerprint density at radius 2 is 1.95 bits per heavy atom. The number of ether oxygens (including phenoxy) is 1. The Hall–Kier alpha value is -1.97. The van der Waals surface area contributed by atoms with Crippen molar-refractivity contribution in [2.24, 2.45) is 0 Å². The second-order valence-electron chi connectivity index (χ2n) is 4.75. The summed E-state index contributed by atoms with van der Waals surface area (Å²) in [6.07, 6.45) is 2.03. The number of benzene rings is 1. The first-order valence-electron chi connectivity index (χ1n) is 6.49. The lowest BCUT2D eigenvalue weighted by molar-refractivity contribution is -0.147. The SMILES string of the molecule is N#CC=CS(=O)c1ccc(C2(C(=O)O)CCOCC2)cc1. The molecule has 21 heavy (non-hydrogen) atoms. The second kappa shape index (κ2) is 6.66. The van der Waals surface area contributed by atoms with Crippen molar-refractivity contribution in [2.45, 2.75) is 23.2 Å². The minimum atomic E-state index is -1.40. The topological polar surface area (TPSA) is 87.4 Å². The maximum Gasteiger partial charge on any atom is 0.314 e. The van der Waals surface area contributed by atoms with Gasteiger partial charge in [-0.2, -0.15) is 5.26 Å². The third-order valence-corrected chi connectivity index (χ3v) is 4.78. The van der Waals surface area contributed by atoms with Gasteiger partial charge in [0.05, 0.1) is 22.3 Å². The van der Waals surface area contributed by atoms with Gasteiger partial charge in [-0.1, -0.05) is 12.1 Å². The Balaban J connectivity index is 2.29. The van der Waals surface area contributed by atoms with E-state index in [1.807, 2.05) is 0 Å². The molecule has 1 aliphatic rings. The maximum atomic E-state index is 11.8. The molecule has 2 rings (SSSR count). The van der Waals surface area contributed by atoms with Crippen LogP contribution in [0, 0.1) is 11.3 Å². The number of hydrogen-bond acceptors (Lipinski definition) is 4. The van der Waals surface area contributed by atoms with Crippen molar-refractivity contribution in [2.75, 3.05) is 13.2 Å². The van der Waals surface area contributed by atoms with E-state index in [-0.39, 0.29) is 0 Å². The molecule has 1 heterocycles. The number of hydrogen-bond donors (Lipinski definition) is 1. The lowest BCUT2D eigenvalue weighted by Crippen LogP contribution is -2.41. The molecule has 0 amide bonds. The summed E-state index contributed by atoms with van der Waals surface area (Å²) >= 11 is 0. The van der Waals surface area contributed by atoms with Gasteiger partial charge in [0.15, 0.2) is 0 Å². The van der Waals surface area contributed by atoms with Gasteiger partial charge in [-0.25, -0.2) is 4.21 Å². The van der Waals surface area contributed by atoms with E-state index in [9.17, 15) is 14.1 Å². The predicted molar refractivity (Wildman–Crippen MR) is 77.0 cm³/mol. The van der Waals surface area contributed by atoms with Crippen molar-refractivity contribution in [1.29, 1.82) is 5.26 Å². The minimum Gasteiger partial charge on any atom is -0.481 e. The molecule has 1 fully saturated rings. The third-order valence-electron chi connectivity index (χ3n) is 3.66. The molecule has 0 spiro atoms. The molecule has 0 saturated carbocycles. The molecule has 1 aliphatic heterocycles. The Morgan fingerprint density at radius 1 is 1.33 bits per heavy atom. The lowest BCUT2D eigenvalue weighted by Gasteiger charge is -2.33. The van der Waals surface area contributed by atoms with Crippen LogP contribution in [0.5, 0.6) is 0 Å². The third kappa shape index (κ3) is 3.20. The summed E-state index contributed by atoms with van der Waals surface area (Å²) < 4.78 is 17.1. The highest BCUT2D eigenvalue weighted by Crippen LogP contribution is 2.35. The number of aliphatic carboxylic acids is 1. The van der Waals surface area contributed by atoms with Gasteiger partial charge in [0.2, 0.25) is 0 Å². The number of carboxylic acids is 1. The van der Waals surface area contributed by atoms with Crippen LogP contribution in [0.3, 0.4) is 0 Å². The fraction of sp³-hybridized carbons (Fsp3) is 0.333. The van der Waals surface area contributed by atoms with Gasteiger partial charge in [0.1, 0.15) is 0 Å². The number of allylic oxidation sites excluding steroid dienone is 1. The molecular weight excluding hydrogens is 290 g/mol. The van der Waals surface area contributed by atoms with Gasteiger partial charge in [0, 0.05) is 29.6 Å². The Kier molecular flexibility index (Phi) is 4.89. The Morgan fingerprint density at radius 3 is 2.48 bits per heavy atom. The molecule has 5 nitrogen and oxygen atoms in total. The number of rotatable bonds is 4. The van der Waals surface area contributed by atoms with Crippen molar-refractivity contribution < 1.29 is 18.8 Å². The molecule has 0 radical (unpaired) electrons. The van der Waals surface area contributed by atoms with Crippen molar-refractivity contribution in [3.63, 3.8) is 0 Å². The van der Waals surface area contributed by atoms with Crippen molar-refractivity contribution in [3.05, 3.63) is 41.3 Å². The van der Waals surface area contributed by atoms with Crippen LogP contribution in [-0.2, 0) is 25.7 Å². The number of nitriles is 1. The normalized spacial score (nSPS) is 19.0. The van der Waals surface area contributed by atoms with Gasteiger partial charge in [-0.05, 0) is 30.5 Å². The summed E-state index contributed by atoms with van der Waals surface area (Å²) in [6, 6.07) is 8.48. The van der Waals surface area contributed by atoms with E-state index in [0.717, 1.165) is 0 Å². The van der Waals surface area contributed by atoms with Gasteiger partial charge < -0.3 is 9.84 Å². The fourth-order valence-corrected chi connectivity index (χ4v) is 3.17. The van der Waals surface area contributed by atoms with Crippen LogP contribution in [0.25, 0.3) is 0 Å². The second-order valence-corrected chi connectivity index (χ2v) is 6.09. The van der Waals surface area contributed by atoms with E-state index in [2.05, 4.69) is 0 Å². The maximum absolute atomic E-state index is 11.8. The van der Waals surface area contributed by atoms with Crippen LogP contribution in [0.1, 0.15) is 18.4 Å². The van der Waals surface area contributed by atoms with Gasteiger partial charge in [0.25, 0.3) is 0 Å². The molecule has 1 aromatic rings. The van der Waals surface area contributed by atoms with Crippen molar-refractivity contribution >= 4 is 16.8 Å². The summed E-state index contributed by atoms with van der Waals surface area (Å²) in [5.74, 6) is -0.857. The first kappa shape index (κ1) is 15.4. The molecule has 1 N–H and O–H groups in total. The van der Waals surface area contributed by atoms with E-state index in [0.29, 0.717) is 36.5 Å². The zero-order valence-electron chi connectivity index (χ0n) is 11.3. The van der Waals surface area contributed by atoms with Gasteiger partial charge in [-0.15, -0.1) is 0 Å². The van der Waals surface area contributed by atoms with Crippen LogP contribution in [0.2, 0.25) is 0 Å². The molecule has 1 saturated heterocycles. The molecule has 1 unspecified atom stereocenters. The van der Waals surface area contributed by atoms with E-state index in [4.69, 9.17) is 10.00 Å². The molecule has 6 heteroatoms. The summed E-state index contributed by atoms with van der Waals surface area (Å²) in [4.78, 5) is 12.2. The first-order valence-corrected chi connectivity index (χ1v) is 7.70. The molecule has 1 aromatic carbocycles. The summed E-state index contributed by atoms with van der Waals surface area (Å²) in [7, 11) is -1.40. The zero-order chi connectivity index (χ0) is 15.3. The minimum absolute atomic E-state index is 0.422. The average molecular weight is 305 g/mol. The van der Waals surface area contributed by atoms with E-state index < -0.39 is 22.2 Å². The van der Waals surface area contributed by atoms with Crippen LogP contribution in [0.15, 0.2) is 40.6 Å². The smallest absolute Gasteiger partial charge is 0.314 e. The molecule has 110 valence electrons. The van der Waals surface area contributed by atoms with Crippen molar-refractivity contribution in [3.8, 4) is 6.07 Å². The first-order chi connectivity index (χ1) is 10.1. The lowest BCUT2D eigenvalue weighted by atomic mass is 9.74. The predicted octanol–water partition coefficient (Wildman–Crippen LogP) is 1.96. The molecule has 1 atom stereocenters.